The van der Waals surface area contributed by atoms with Crippen LogP contribution in [0.15, 0.2) is 28.6 Å². The number of nitrogens with zero attached hydrogens (tertiary/aromatic N) is 3. The summed E-state index contributed by atoms with van der Waals surface area (Å²) in [6.07, 6.45) is 0. The van der Waals surface area contributed by atoms with Crippen molar-refractivity contribution in [1.82, 2.24) is 4.98 Å². The van der Waals surface area contributed by atoms with E-state index in [4.69, 9.17) is 10.00 Å². The standard InChI is InChI=1S/C19H22FN4O5PS2/c1-11(9-21)16(25)23-14-7-6-12(8-13(14)20)32(27,28)24(30-5)17-15(22-10-31-17)18(26)29-19(2,3)4/h6-8,10-11,30H,1-5H3,(H,23,25). The molecule has 0 aliphatic rings. The molecular formula is C19H22FN4O5PS2. The van der Waals surface area contributed by atoms with E-state index in [2.05, 4.69) is 10.3 Å². The lowest BCUT2D eigenvalue weighted by Gasteiger charge is -2.23. The van der Waals surface area contributed by atoms with Crippen molar-refractivity contribution < 1.29 is 27.1 Å². The Balaban J connectivity index is 2.40. The number of anilines is 2. The molecule has 32 heavy (non-hydrogen) atoms. The van der Waals surface area contributed by atoms with Crippen LogP contribution >= 0.6 is 20.1 Å². The molecule has 2 atom stereocenters. The lowest BCUT2D eigenvalue weighted by atomic mass is 10.2. The molecule has 9 nitrogen and oxygen atoms in total. The molecule has 172 valence electrons. The van der Waals surface area contributed by atoms with Crippen LogP contribution in [0.4, 0.5) is 15.1 Å². The fraction of sp³-hybridized carbons (Fsp3) is 0.368. The van der Waals surface area contributed by atoms with Gasteiger partial charge < -0.3 is 10.1 Å². The summed E-state index contributed by atoms with van der Waals surface area (Å²) in [7, 11) is -4.60. The number of ether oxygens (including phenoxy) is 1. The Bertz CT molecular complexity index is 1170. The third-order valence-electron chi connectivity index (χ3n) is 3.85. The smallest absolute Gasteiger partial charge is 0.360 e. The molecule has 0 spiro atoms. The average molecular weight is 501 g/mol. The highest BCUT2D eigenvalue weighted by Crippen LogP contribution is 2.38. The van der Waals surface area contributed by atoms with Gasteiger partial charge in [-0.25, -0.2) is 26.7 Å². The van der Waals surface area contributed by atoms with E-state index in [-0.39, 0.29) is 30.0 Å². The van der Waals surface area contributed by atoms with Crippen molar-refractivity contribution in [3.63, 3.8) is 0 Å². The van der Waals surface area contributed by atoms with Crippen molar-refractivity contribution in [1.29, 1.82) is 5.26 Å². The second-order valence-electron chi connectivity index (χ2n) is 7.48. The normalized spacial score (nSPS) is 12.9. The van der Waals surface area contributed by atoms with E-state index in [0.717, 1.165) is 33.6 Å². The summed E-state index contributed by atoms with van der Waals surface area (Å²) in [5.74, 6) is -3.48. The predicted molar refractivity (Wildman–Crippen MR) is 121 cm³/mol. The van der Waals surface area contributed by atoms with E-state index in [0.29, 0.717) is 0 Å². The van der Waals surface area contributed by atoms with Gasteiger partial charge in [0.1, 0.15) is 22.3 Å². The van der Waals surface area contributed by atoms with Gasteiger partial charge >= 0.3 is 5.97 Å². The van der Waals surface area contributed by atoms with E-state index in [1.165, 1.54) is 12.4 Å². The van der Waals surface area contributed by atoms with Gasteiger partial charge in [-0.3, -0.25) is 4.79 Å². The molecule has 2 rings (SSSR count). The van der Waals surface area contributed by atoms with Crippen LogP contribution in [0.1, 0.15) is 38.2 Å². The molecule has 1 amide bonds. The zero-order valence-electron chi connectivity index (χ0n) is 18.0. The van der Waals surface area contributed by atoms with Gasteiger partial charge in [-0.2, -0.15) is 5.26 Å². The lowest BCUT2D eigenvalue weighted by molar-refractivity contribution is -0.117. The van der Waals surface area contributed by atoms with E-state index in [1.54, 1.807) is 33.5 Å². The highest BCUT2D eigenvalue weighted by atomic mass is 32.2. The second kappa shape index (κ2) is 9.90. The number of carbonyl (C=O) groups excluding carboxylic acids is 2. The topological polar surface area (TPSA) is 129 Å². The Morgan fingerprint density at radius 2 is 2.03 bits per heavy atom. The molecule has 2 unspecified atom stereocenters. The summed E-state index contributed by atoms with van der Waals surface area (Å²) in [4.78, 5) is 27.9. The number of sulfonamides is 1. The first-order valence-corrected chi connectivity index (χ1v) is 13.0. The number of carbonyl (C=O) groups is 2. The van der Waals surface area contributed by atoms with Gasteiger partial charge in [0.15, 0.2) is 5.69 Å². The fourth-order valence-electron chi connectivity index (χ4n) is 2.34. The quantitative estimate of drug-likeness (QED) is 0.453. The summed E-state index contributed by atoms with van der Waals surface area (Å²) in [6.45, 7) is 7.96. The van der Waals surface area contributed by atoms with Gasteiger partial charge in [0, 0.05) is 0 Å². The number of aromatic nitrogens is 1. The molecule has 0 fully saturated rings. The summed E-state index contributed by atoms with van der Waals surface area (Å²) < 4.78 is 47.3. The molecule has 0 saturated carbocycles. The first-order chi connectivity index (χ1) is 14.8. The molecule has 1 heterocycles. The Labute approximate surface area is 191 Å². The minimum Gasteiger partial charge on any atom is -0.455 e. The van der Waals surface area contributed by atoms with Crippen LogP contribution < -0.4 is 9.39 Å². The molecule has 0 saturated heterocycles. The van der Waals surface area contributed by atoms with Crippen LogP contribution in [-0.2, 0) is 19.6 Å². The van der Waals surface area contributed by atoms with Crippen LogP contribution in [0.25, 0.3) is 0 Å². The number of hydrogen-bond donors (Lipinski definition) is 1. The Morgan fingerprint density at radius 3 is 2.56 bits per heavy atom. The van der Waals surface area contributed by atoms with Crippen LogP contribution in [0.3, 0.4) is 0 Å². The first kappa shape index (κ1) is 25.6. The molecule has 2 aromatic rings. The summed E-state index contributed by atoms with van der Waals surface area (Å²) in [6, 6.07) is 4.73. The van der Waals surface area contributed by atoms with E-state index in [1.807, 2.05) is 0 Å². The zero-order valence-corrected chi connectivity index (χ0v) is 20.6. The third kappa shape index (κ3) is 5.79. The number of nitriles is 1. The molecule has 1 aromatic heterocycles. The van der Waals surface area contributed by atoms with Gasteiger partial charge in [0.2, 0.25) is 5.91 Å². The highest BCUT2D eigenvalue weighted by Gasteiger charge is 2.32. The molecule has 1 N–H and O–H groups in total. The third-order valence-corrected chi connectivity index (χ3v) is 8.35. The molecule has 1 aromatic carbocycles. The number of hydrogen-bond acceptors (Lipinski definition) is 8. The number of thiazole rings is 1. The number of amides is 1. The lowest BCUT2D eigenvalue weighted by Crippen LogP contribution is -2.27. The molecule has 0 aliphatic carbocycles. The molecule has 13 heteroatoms. The van der Waals surface area contributed by atoms with Gasteiger partial charge in [-0.1, -0.05) is 0 Å². The first-order valence-electron chi connectivity index (χ1n) is 9.21. The molecule has 0 radical (unpaired) electrons. The fourth-order valence-corrected chi connectivity index (χ4v) is 6.40. The Hall–Kier alpha value is -2.61. The SMILES string of the molecule is CPN(c1scnc1C(=O)OC(C)(C)C)S(=O)(=O)c1ccc(NC(=O)C(C)C#N)c(F)c1. The number of halogens is 1. The summed E-state index contributed by atoms with van der Waals surface area (Å²) in [5.41, 5.74) is 0.113. The second-order valence-corrected chi connectivity index (χ2v) is 11.3. The number of esters is 1. The molecular weight excluding hydrogens is 478 g/mol. The minimum atomic E-state index is -4.26. The van der Waals surface area contributed by atoms with Gasteiger partial charge in [-0.05, 0) is 61.3 Å². The van der Waals surface area contributed by atoms with Gasteiger partial charge in [-0.15, -0.1) is 11.3 Å². The maximum atomic E-state index is 14.5. The largest absolute Gasteiger partial charge is 0.455 e. The Kier molecular flexibility index (Phi) is 7.93. The van der Waals surface area contributed by atoms with Crippen LogP contribution in [0.2, 0.25) is 0 Å². The van der Waals surface area contributed by atoms with Crippen LogP contribution in [-0.4, -0.2) is 37.5 Å². The summed E-state index contributed by atoms with van der Waals surface area (Å²) >= 11 is 0.940. The van der Waals surface area contributed by atoms with Gasteiger partial charge in [0.05, 0.1) is 22.2 Å². The maximum absolute atomic E-state index is 14.5. The predicted octanol–water partition coefficient (Wildman–Crippen LogP) is 3.75. The van der Waals surface area contributed by atoms with Gasteiger partial charge in [0.25, 0.3) is 10.0 Å². The van der Waals surface area contributed by atoms with E-state index >= 15 is 0 Å². The minimum absolute atomic E-state index is 0.0562. The van der Waals surface area contributed by atoms with Crippen molar-refractivity contribution in [2.45, 2.75) is 38.2 Å². The Morgan fingerprint density at radius 1 is 1.38 bits per heavy atom. The van der Waals surface area contributed by atoms with Crippen LogP contribution in [0, 0.1) is 23.1 Å². The van der Waals surface area contributed by atoms with E-state index in [9.17, 15) is 22.4 Å². The van der Waals surface area contributed by atoms with Crippen molar-refractivity contribution >= 4 is 52.7 Å². The number of rotatable bonds is 7. The van der Waals surface area contributed by atoms with Crippen molar-refractivity contribution in [3.8, 4) is 6.07 Å². The van der Waals surface area contributed by atoms with Crippen molar-refractivity contribution in [2.75, 3.05) is 16.1 Å². The number of nitrogens with one attached hydrogen (secondary N) is 1. The summed E-state index contributed by atoms with van der Waals surface area (Å²) in [5, 5.41) is 11.1. The monoisotopic (exact) mass is 500 g/mol. The molecule has 0 bridgehead atoms. The van der Waals surface area contributed by atoms with Crippen LogP contribution in [0.5, 0.6) is 0 Å². The average Bonchev–Trinajstić information content (AvgIpc) is 3.17. The zero-order chi connectivity index (χ0) is 24.3. The maximum Gasteiger partial charge on any atom is 0.360 e. The number of benzene rings is 1. The van der Waals surface area contributed by atoms with Crippen molar-refractivity contribution in [2.24, 2.45) is 5.92 Å². The molecule has 0 aliphatic heterocycles. The highest BCUT2D eigenvalue weighted by molar-refractivity contribution is 7.98. The van der Waals surface area contributed by atoms with E-state index < -0.39 is 39.2 Å². The van der Waals surface area contributed by atoms with Crippen molar-refractivity contribution in [3.05, 3.63) is 35.2 Å².